The summed E-state index contributed by atoms with van der Waals surface area (Å²) in [6.45, 7) is 0.669. The zero-order valence-corrected chi connectivity index (χ0v) is 11.4. The van der Waals surface area contributed by atoms with Gasteiger partial charge in [-0.1, -0.05) is 0 Å². The van der Waals surface area contributed by atoms with Gasteiger partial charge in [0.2, 0.25) is 5.82 Å². The van der Waals surface area contributed by atoms with Crippen molar-refractivity contribution in [2.45, 2.75) is 31.7 Å². The number of aromatic nitrogens is 1. The highest BCUT2D eigenvalue weighted by Gasteiger charge is 2.31. The van der Waals surface area contributed by atoms with Crippen LogP contribution in [-0.2, 0) is 0 Å². The average Bonchev–Trinajstić information content (AvgIpc) is 2.92. The number of hydrogen-bond donors (Lipinski definition) is 2. The second kappa shape index (κ2) is 6.49. The molecular formula is C13H17N3O5. The Morgan fingerprint density at radius 2 is 2.29 bits per heavy atom. The third-order valence-corrected chi connectivity index (χ3v) is 3.61. The van der Waals surface area contributed by atoms with E-state index in [1.165, 1.54) is 6.07 Å². The Labute approximate surface area is 121 Å². The first-order valence-corrected chi connectivity index (χ1v) is 6.81. The number of nitro groups is 1. The minimum Gasteiger partial charge on any atom is -0.477 e. The molecule has 1 aliphatic heterocycles. The van der Waals surface area contributed by atoms with Crippen LogP contribution in [0.15, 0.2) is 12.1 Å². The molecular weight excluding hydrogens is 278 g/mol. The van der Waals surface area contributed by atoms with Crippen LogP contribution in [0.4, 0.5) is 11.5 Å². The van der Waals surface area contributed by atoms with Gasteiger partial charge in [-0.25, -0.2) is 9.78 Å². The van der Waals surface area contributed by atoms with E-state index < -0.39 is 10.9 Å². The monoisotopic (exact) mass is 295 g/mol. The van der Waals surface area contributed by atoms with Gasteiger partial charge in [-0.3, -0.25) is 10.1 Å². The largest absolute Gasteiger partial charge is 0.477 e. The van der Waals surface area contributed by atoms with Gasteiger partial charge in [0.1, 0.15) is 0 Å². The lowest BCUT2D eigenvalue weighted by molar-refractivity contribution is -0.384. The number of nitrogens with zero attached hydrogens (tertiary/aromatic N) is 3. The zero-order chi connectivity index (χ0) is 15.4. The van der Waals surface area contributed by atoms with E-state index in [0.717, 1.165) is 18.9 Å². The third-order valence-electron chi connectivity index (χ3n) is 3.61. The van der Waals surface area contributed by atoms with Crippen molar-refractivity contribution in [2.24, 2.45) is 0 Å². The average molecular weight is 295 g/mol. The number of rotatable bonds is 6. The normalized spacial score (nSPS) is 18.0. The Balaban J connectivity index is 2.37. The summed E-state index contributed by atoms with van der Waals surface area (Å²) < 4.78 is 0. The van der Waals surface area contributed by atoms with Crippen LogP contribution in [0.2, 0.25) is 0 Å². The molecule has 8 heteroatoms. The second-order valence-electron chi connectivity index (χ2n) is 4.96. The van der Waals surface area contributed by atoms with Gasteiger partial charge in [0, 0.05) is 25.3 Å². The van der Waals surface area contributed by atoms with Gasteiger partial charge in [0.15, 0.2) is 5.69 Å². The molecule has 0 radical (unpaired) electrons. The molecule has 21 heavy (non-hydrogen) atoms. The van der Waals surface area contributed by atoms with E-state index in [4.69, 9.17) is 10.2 Å². The summed E-state index contributed by atoms with van der Waals surface area (Å²) in [5.74, 6) is -1.10. The number of anilines is 1. The topological polar surface area (TPSA) is 117 Å². The van der Waals surface area contributed by atoms with Gasteiger partial charge in [-0.05, 0) is 31.7 Å². The fourth-order valence-corrected chi connectivity index (χ4v) is 2.66. The van der Waals surface area contributed by atoms with Crippen molar-refractivity contribution in [3.8, 4) is 0 Å². The molecule has 1 aromatic rings. The van der Waals surface area contributed by atoms with Gasteiger partial charge >= 0.3 is 11.7 Å². The number of carboxylic acids is 1. The van der Waals surface area contributed by atoms with Crippen LogP contribution >= 0.6 is 0 Å². The van der Waals surface area contributed by atoms with Crippen molar-refractivity contribution in [2.75, 3.05) is 18.1 Å². The van der Waals surface area contributed by atoms with Crippen molar-refractivity contribution >= 4 is 17.5 Å². The van der Waals surface area contributed by atoms with Crippen molar-refractivity contribution in [3.63, 3.8) is 0 Å². The van der Waals surface area contributed by atoms with Crippen LogP contribution in [0.1, 0.15) is 36.2 Å². The van der Waals surface area contributed by atoms with E-state index in [2.05, 4.69) is 4.98 Å². The first-order valence-electron chi connectivity index (χ1n) is 6.81. The maximum absolute atomic E-state index is 11.1. The third kappa shape index (κ3) is 3.27. The molecule has 2 N–H and O–H groups in total. The molecule has 0 aliphatic carbocycles. The van der Waals surface area contributed by atoms with Gasteiger partial charge < -0.3 is 15.1 Å². The molecule has 1 aliphatic rings. The quantitative estimate of drug-likeness (QED) is 0.602. The summed E-state index contributed by atoms with van der Waals surface area (Å²) in [4.78, 5) is 27.4. The van der Waals surface area contributed by atoms with Crippen molar-refractivity contribution in [1.29, 1.82) is 0 Å². The molecule has 8 nitrogen and oxygen atoms in total. The number of carboxylic acid groups (broad SMARTS) is 1. The minimum absolute atomic E-state index is 0.0485. The van der Waals surface area contributed by atoms with E-state index in [1.54, 1.807) is 4.90 Å². The van der Waals surface area contributed by atoms with Crippen molar-refractivity contribution in [1.82, 2.24) is 4.98 Å². The predicted molar refractivity (Wildman–Crippen MR) is 74.5 cm³/mol. The van der Waals surface area contributed by atoms with Gasteiger partial charge in [0.05, 0.1) is 4.92 Å². The lowest BCUT2D eigenvalue weighted by atomic mass is 10.1. The number of aliphatic hydroxyl groups excluding tert-OH is 1. The summed E-state index contributed by atoms with van der Waals surface area (Å²) in [6, 6.07) is 2.38. The minimum atomic E-state index is -1.21. The fraction of sp³-hybridized carbons (Fsp3) is 0.538. The predicted octanol–water partition coefficient (Wildman–Crippen LogP) is 1.43. The molecule has 1 saturated heterocycles. The molecule has 1 atom stereocenters. The SMILES string of the molecule is O=C(O)c1ccc([N+](=O)[O-])c(N2CCCC2CCCO)n1. The molecule has 0 spiro atoms. The Morgan fingerprint density at radius 1 is 1.52 bits per heavy atom. The molecule has 2 heterocycles. The summed E-state index contributed by atoms with van der Waals surface area (Å²) in [5.41, 5.74) is -0.390. The lowest BCUT2D eigenvalue weighted by Gasteiger charge is -2.25. The first-order chi connectivity index (χ1) is 10.0. The van der Waals surface area contributed by atoms with Crippen LogP contribution < -0.4 is 4.90 Å². The fourth-order valence-electron chi connectivity index (χ4n) is 2.66. The van der Waals surface area contributed by atoms with E-state index in [1.807, 2.05) is 0 Å². The smallest absolute Gasteiger partial charge is 0.354 e. The molecule has 2 rings (SSSR count). The molecule has 114 valence electrons. The highest BCUT2D eigenvalue weighted by molar-refractivity contribution is 5.86. The van der Waals surface area contributed by atoms with Crippen molar-refractivity contribution in [3.05, 3.63) is 27.9 Å². The number of aliphatic hydroxyl groups is 1. The van der Waals surface area contributed by atoms with Crippen molar-refractivity contribution < 1.29 is 19.9 Å². The zero-order valence-electron chi connectivity index (χ0n) is 11.4. The number of carbonyl (C=O) groups is 1. The highest BCUT2D eigenvalue weighted by Crippen LogP contribution is 2.33. The van der Waals surface area contributed by atoms with Crippen LogP contribution in [-0.4, -0.2) is 45.3 Å². The lowest BCUT2D eigenvalue weighted by Crippen LogP contribution is -2.31. The number of hydrogen-bond acceptors (Lipinski definition) is 6. The first kappa shape index (κ1) is 15.2. The molecule has 0 aromatic carbocycles. The van der Waals surface area contributed by atoms with Gasteiger partial charge in [-0.15, -0.1) is 0 Å². The van der Waals surface area contributed by atoms with Crippen LogP contribution in [0.3, 0.4) is 0 Å². The highest BCUT2D eigenvalue weighted by atomic mass is 16.6. The van der Waals surface area contributed by atoms with Crippen LogP contribution in [0.5, 0.6) is 0 Å². The maximum Gasteiger partial charge on any atom is 0.354 e. The molecule has 1 aromatic heterocycles. The standard InChI is InChI=1S/C13H17N3O5/c17-8-2-4-9-3-1-7-15(9)12-11(16(20)21)6-5-10(14-12)13(18)19/h5-6,9,17H,1-4,7-8H2,(H,18,19). The molecule has 0 saturated carbocycles. The van der Waals surface area contributed by atoms with E-state index >= 15 is 0 Å². The van der Waals surface area contributed by atoms with Crippen LogP contribution in [0, 0.1) is 10.1 Å². The second-order valence-corrected chi connectivity index (χ2v) is 4.96. The van der Waals surface area contributed by atoms with E-state index in [-0.39, 0.29) is 29.8 Å². The summed E-state index contributed by atoms with van der Waals surface area (Å²) in [7, 11) is 0. The molecule has 1 fully saturated rings. The summed E-state index contributed by atoms with van der Waals surface area (Å²) in [6.07, 6.45) is 3.03. The Kier molecular flexibility index (Phi) is 4.69. The molecule has 0 bridgehead atoms. The maximum atomic E-state index is 11.1. The number of aromatic carboxylic acids is 1. The summed E-state index contributed by atoms with van der Waals surface area (Å²) >= 11 is 0. The van der Waals surface area contributed by atoms with Gasteiger partial charge in [0.25, 0.3) is 0 Å². The van der Waals surface area contributed by atoms with Gasteiger partial charge in [-0.2, -0.15) is 0 Å². The van der Waals surface area contributed by atoms with E-state index in [9.17, 15) is 14.9 Å². The summed E-state index contributed by atoms with van der Waals surface area (Å²) in [5, 5.41) is 29.1. The number of pyridine rings is 1. The molecule has 0 amide bonds. The Morgan fingerprint density at radius 3 is 2.90 bits per heavy atom. The molecule has 1 unspecified atom stereocenters. The van der Waals surface area contributed by atoms with Crippen LogP contribution in [0.25, 0.3) is 0 Å². The van der Waals surface area contributed by atoms with E-state index in [0.29, 0.717) is 19.4 Å². The Bertz CT molecular complexity index is 549. The Hall–Kier alpha value is -2.22.